The fourth-order valence-corrected chi connectivity index (χ4v) is 2.03. The van der Waals surface area contributed by atoms with Crippen molar-refractivity contribution in [3.63, 3.8) is 0 Å². The minimum Gasteiger partial charge on any atom is -0.354 e. The van der Waals surface area contributed by atoms with Gasteiger partial charge in [0.05, 0.1) is 12.7 Å². The van der Waals surface area contributed by atoms with E-state index in [-0.39, 0.29) is 6.10 Å². The molecule has 1 aliphatic heterocycles. The van der Waals surface area contributed by atoms with Gasteiger partial charge >= 0.3 is 0 Å². The normalized spacial score (nSPS) is 23.1. The van der Waals surface area contributed by atoms with Gasteiger partial charge in [0.15, 0.2) is 5.79 Å². The second-order valence-electron chi connectivity index (χ2n) is 4.93. The summed E-state index contributed by atoms with van der Waals surface area (Å²) < 4.78 is 13.4. The lowest BCUT2D eigenvalue weighted by Crippen LogP contribution is -2.30. The first-order valence-electron chi connectivity index (χ1n) is 6.26. The van der Waals surface area contributed by atoms with E-state index < -0.39 is 5.79 Å². The number of aryl methyl sites for hydroxylation is 1. The standard InChI is InChI=1S/C13H22N2O2/c1-4-15-6-5-11(9-15)7-14-8-12-10-16-13(2,3)17-12/h5-6,9,12,14H,4,7-8,10H2,1-3H3. The quantitative estimate of drug-likeness (QED) is 0.849. The van der Waals surface area contributed by atoms with Gasteiger partial charge in [-0.25, -0.2) is 0 Å². The molecule has 4 heteroatoms. The third-order valence-electron chi connectivity index (χ3n) is 2.95. The number of rotatable bonds is 5. The highest BCUT2D eigenvalue weighted by molar-refractivity contribution is 5.09. The number of ether oxygens (including phenoxy) is 2. The molecule has 1 aromatic heterocycles. The van der Waals surface area contributed by atoms with Gasteiger partial charge in [-0.2, -0.15) is 0 Å². The fourth-order valence-electron chi connectivity index (χ4n) is 2.03. The largest absolute Gasteiger partial charge is 0.354 e. The summed E-state index contributed by atoms with van der Waals surface area (Å²) in [4.78, 5) is 0. The lowest BCUT2D eigenvalue weighted by molar-refractivity contribution is -0.137. The topological polar surface area (TPSA) is 35.4 Å². The van der Waals surface area contributed by atoms with Crippen molar-refractivity contribution in [2.45, 2.75) is 45.8 Å². The van der Waals surface area contributed by atoms with Crippen LogP contribution in [0.25, 0.3) is 0 Å². The van der Waals surface area contributed by atoms with Crippen LogP contribution in [0.15, 0.2) is 18.5 Å². The fraction of sp³-hybridized carbons (Fsp3) is 0.692. The van der Waals surface area contributed by atoms with Gasteiger partial charge in [-0.05, 0) is 32.4 Å². The SMILES string of the molecule is CCn1ccc(CNCC2COC(C)(C)O2)c1. The molecule has 0 aliphatic carbocycles. The summed E-state index contributed by atoms with van der Waals surface area (Å²) in [5.41, 5.74) is 1.31. The predicted octanol–water partition coefficient (Wildman–Crippen LogP) is 1.75. The predicted molar refractivity (Wildman–Crippen MR) is 66.7 cm³/mol. The van der Waals surface area contributed by atoms with E-state index in [1.807, 2.05) is 13.8 Å². The van der Waals surface area contributed by atoms with E-state index in [0.717, 1.165) is 19.6 Å². The van der Waals surface area contributed by atoms with Crippen LogP contribution in [0.4, 0.5) is 0 Å². The molecule has 1 aromatic rings. The molecule has 0 saturated carbocycles. The molecule has 1 atom stereocenters. The molecule has 2 rings (SSSR count). The second-order valence-corrected chi connectivity index (χ2v) is 4.93. The maximum atomic E-state index is 5.72. The summed E-state index contributed by atoms with van der Waals surface area (Å²) in [6.07, 6.45) is 4.44. The Balaban J connectivity index is 1.69. The van der Waals surface area contributed by atoms with E-state index in [4.69, 9.17) is 9.47 Å². The van der Waals surface area contributed by atoms with Crippen molar-refractivity contribution < 1.29 is 9.47 Å². The maximum Gasteiger partial charge on any atom is 0.163 e. The van der Waals surface area contributed by atoms with Crippen LogP contribution in [0.1, 0.15) is 26.3 Å². The van der Waals surface area contributed by atoms with E-state index in [1.165, 1.54) is 5.56 Å². The molecule has 0 amide bonds. The Morgan fingerprint density at radius 1 is 1.53 bits per heavy atom. The Labute approximate surface area is 103 Å². The molecule has 96 valence electrons. The lowest BCUT2D eigenvalue weighted by atomic mass is 10.3. The molecule has 2 heterocycles. The van der Waals surface area contributed by atoms with Gasteiger partial charge in [-0.15, -0.1) is 0 Å². The average molecular weight is 238 g/mol. The monoisotopic (exact) mass is 238 g/mol. The molecule has 0 radical (unpaired) electrons. The molecule has 1 N–H and O–H groups in total. The highest BCUT2D eigenvalue weighted by atomic mass is 16.7. The Hall–Kier alpha value is -0.840. The van der Waals surface area contributed by atoms with Gasteiger partial charge < -0.3 is 19.4 Å². The van der Waals surface area contributed by atoms with Crippen LogP contribution in [0, 0.1) is 0 Å². The van der Waals surface area contributed by atoms with Crippen molar-refractivity contribution in [1.29, 1.82) is 0 Å². The summed E-state index contributed by atoms with van der Waals surface area (Å²) >= 11 is 0. The summed E-state index contributed by atoms with van der Waals surface area (Å²) in [6.45, 7) is 9.46. The summed E-state index contributed by atoms with van der Waals surface area (Å²) in [5, 5.41) is 3.40. The summed E-state index contributed by atoms with van der Waals surface area (Å²) in [7, 11) is 0. The van der Waals surface area contributed by atoms with Crippen LogP contribution in [-0.4, -0.2) is 29.6 Å². The van der Waals surface area contributed by atoms with Gasteiger partial charge in [0.25, 0.3) is 0 Å². The van der Waals surface area contributed by atoms with Gasteiger partial charge in [-0.1, -0.05) is 0 Å². The molecule has 1 aliphatic rings. The van der Waals surface area contributed by atoms with Crippen LogP contribution in [0.5, 0.6) is 0 Å². The van der Waals surface area contributed by atoms with Crippen molar-refractivity contribution in [3.8, 4) is 0 Å². The number of hydrogen-bond donors (Lipinski definition) is 1. The summed E-state index contributed by atoms with van der Waals surface area (Å²) in [6, 6.07) is 2.15. The van der Waals surface area contributed by atoms with Gasteiger partial charge in [-0.3, -0.25) is 0 Å². The lowest BCUT2D eigenvalue weighted by Gasteiger charge is -2.17. The maximum absolute atomic E-state index is 5.72. The van der Waals surface area contributed by atoms with Crippen molar-refractivity contribution in [2.24, 2.45) is 0 Å². The molecular weight excluding hydrogens is 216 g/mol. The van der Waals surface area contributed by atoms with Crippen LogP contribution in [-0.2, 0) is 22.6 Å². The van der Waals surface area contributed by atoms with Crippen molar-refractivity contribution in [3.05, 3.63) is 24.0 Å². The van der Waals surface area contributed by atoms with E-state index in [2.05, 4.69) is 35.3 Å². The Morgan fingerprint density at radius 3 is 2.94 bits per heavy atom. The minimum absolute atomic E-state index is 0.165. The number of hydrogen-bond acceptors (Lipinski definition) is 3. The molecule has 0 bridgehead atoms. The number of nitrogens with one attached hydrogen (secondary N) is 1. The van der Waals surface area contributed by atoms with Gasteiger partial charge in [0.1, 0.15) is 0 Å². The molecule has 1 unspecified atom stereocenters. The zero-order valence-electron chi connectivity index (χ0n) is 10.9. The molecule has 1 fully saturated rings. The highest BCUT2D eigenvalue weighted by Gasteiger charge is 2.32. The molecule has 17 heavy (non-hydrogen) atoms. The van der Waals surface area contributed by atoms with Crippen LogP contribution in [0.3, 0.4) is 0 Å². The van der Waals surface area contributed by atoms with Crippen LogP contribution >= 0.6 is 0 Å². The molecule has 4 nitrogen and oxygen atoms in total. The third kappa shape index (κ3) is 3.56. The average Bonchev–Trinajstić information content (AvgIpc) is 2.85. The zero-order valence-corrected chi connectivity index (χ0v) is 10.9. The van der Waals surface area contributed by atoms with E-state index in [0.29, 0.717) is 6.61 Å². The number of nitrogens with zero attached hydrogens (tertiary/aromatic N) is 1. The van der Waals surface area contributed by atoms with Crippen LogP contribution in [0.2, 0.25) is 0 Å². The van der Waals surface area contributed by atoms with Crippen molar-refractivity contribution in [1.82, 2.24) is 9.88 Å². The Kier molecular flexibility index (Phi) is 3.86. The minimum atomic E-state index is -0.419. The van der Waals surface area contributed by atoms with Crippen molar-refractivity contribution >= 4 is 0 Å². The molecular formula is C13H22N2O2. The van der Waals surface area contributed by atoms with Crippen LogP contribution < -0.4 is 5.32 Å². The van der Waals surface area contributed by atoms with Gasteiger partial charge in [0, 0.05) is 32.0 Å². The first-order chi connectivity index (χ1) is 8.09. The third-order valence-corrected chi connectivity index (χ3v) is 2.95. The number of aromatic nitrogens is 1. The Morgan fingerprint density at radius 2 is 2.35 bits per heavy atom. The second kappa shape index (κ2) is 5.21. The summed E-state index contributed by atoms with van der Waals surface area (Å²) in [5.74, 6) is -0.419. The molecule has 0 aromatic carbocycles. The first-order valence-corrected chi connectivity index (χ1v) is 6.26. The Bertz CT molecular complexity index is 360. The van der Waals surface area contributed by atoms with Gasteiger partial charge in [0.2, 0.25) is 0 Å². The molecule has 0 spiro atoms. The van der Waals surface area contributed by atoms with Crippen molar-refractivity contribution in [2.75, 3.05) is 13.2 Å². The molecule has 1 saturated heterocycles. The van der Waals surface area contributed by atoms with E-state index in [9.17, 15) is 0 Å². The smallest absolute Gasteiger partial charge is 0.163 e. The van der Waals surface area contributed by atoms with E-state index >= 15 is 0 Å². The van der Waals surface area contributed by atoms with E-state index in [1.54, 1.807) is 0 Å². The zero-order chi connectivity index (χ0) is 12.3. The first kappa shape index (κ1) is 12.6. The highest BCUT2D eigenvalue weighted by Crippen LogP contribution is 2.21.